The first-order chi connectivity index (χ1) is 9.11. The molecule has 0 aromatic heterocycles. The Labute approximate surface area is 118 Å². The van der Waals surface area contributed by atoms with E-state index < -0.39 is 23.5 Å². The molecular weight excluding hydrogens is 262 g/mol. The summed E-state index contributed by atoms with van der Waals surface area (Å²) in [6, 6.07) is -1.41. The van der Waals surface area contributed by atoms with Gasteiger partial charge in [-0.2, -0.15) is 0 Å². The lowest BCUT2D eigenvalue weighted by atomic mass is 9.87. The van der Waals surface area contributed by atoms with Gasteiger partial charge >= 0.3 is 12.0 Å². The van der Waals surface area contributed by atoms with Crippen LogP contribution in [0.15, 0.2) is 0 Å². The third kappa shape index (κ3) is 4.40. The van der Waals surface area contributed by atoms with Crippen molar-refractivity contribution in [3.63, 3.8) is 0 Å². The van der Waals surface area contributed by atoms with Gasteiger partial charge in [0.2, 0.25) is 5.91 Å². The average molecular weight is 285 g/mol. The Balaban J connectivity index is 2.59. The molecule has 0 bridgehead atoms. The fraction of sp³-hybridized carbons (Fsp3) is 0.769. The first-order valence-corrected chi connectivity index (χ1v) is 6.66. The van der Waals surface area contributed by atoms with E-state index in [1.54, 1.807) is 20.8 Å². The first kappa shape index (κ1) is 16.3. The summed E-state index contributed by atoms with van der Waals surface area (Å²) >= 11 is 0. The van der Waals surface area contributed by atoms with Crippen LogP contribution in [-0.2, 0) is 9.59 Å². The molecule has 1 unspecified atom stereocenters. The van der Waals surface area contributed by atoms with Crippen LogP contribution in [0.25, 0.3) is 0 Å². The van der Waals surface area contributed by atoms with Gasteiger partial charge in [0, 0.05) is 26.1 Å². The molecule has 0 aliphatic carbocycles. The normalized spacial score (nSPS) is 20.4. The van der Waals surface area contributed by atoms with Gasteiger partial charge in [0.15, 0.2) is 0 Å². The molecule has 1 aliphatic rings. The van der Waals surface area contributed by atoms with Gasteiger partial charge in [0.05, 0.1) is 0 Å². The number of carboxylic acid groups (broad SMARTS) is 1. The summed E-state index contributed by atoms with van der Waals surface area (Å²) in [4.78, 5) is 35.8. The van der Waals surface area contributed by atoms with E-state index in [2.05, 4.69) is 10.6 Å². The number of rotatable bonds is 3. The Kier molecular flexibility index (Phi) is 4.97. The minimum Gasteiger partial charge on any atom is -0.480 e. The fourth-order valence-corrected chi connectivity index (χ4v) is 2.21. The monoisotopic (exact) mass is 285 g/mol. The Bertz CT molecular complexity index is 403. The van der Waals surface area contributed by atoms with Crippen LogP contribution in [0.1, 0.15) is 34.1 Å². The molecule has 20 heavy (non-hydrogen) atoms. The lowest BCUT2D eigenvalue weighted by molar-refractivity contribution is -0.142. The lowest BCUT2D eigenvalue weighted by Crippen LogP contribution is -2.53. The molecule has 0 aromatic rings. The van der Waals surface area contributed by atoms with Gasteiger partial charge in [-0.05, 0) is 11.8 Å². The van der Waals surface area contributed by atoms with Crippen molar-refractivity contribution >= 4 is 17.9 Å². The number of urea groups is 1. The van der Waals surface area contributed by atoms with Crippen molar-refractivity contribution in [1.29, 1.82) is 0 Å². The van der Waals surface area contributed by atoms with Crippen LogP contribution in [0.2, 0.25) is 0 Å². The van der Waals surface area contributed by atoms with Crippen molar-refractivity contribution in [1.82, 2.24) is 15.5 Å². The smallest absolute Gasteiger partial charge is 0.326 e. The van der Waals surface area contributed by atoms with Gasteiger partial charge in [0.25, 0.3) is 0 Å². The van der Waals surface area contributed by atoms with E-state index >= 15 is 0 Å². The summed E-state index contributed by atoms with van der Waals surface area (Å²) in [5.41, 5.74) is -0.571. The highest BCUT2D eigenvalue weighted by atomic mass is 16.4. The SMILES string of the molecule is CC(=O)NC1CCN(C(=O)N[C@H](C(=O)O)C(C)(C)C)C1. The van der Waals surface area contributed by atoms with Crippen molar-refractivity contribution in [3.8, 4) is 0 Å². The van der Waals surface area contributed by atoms with E-state index in [9.17, 15) is 19.5 Å². The standard InChI is InChI=1S/C13H23N3O4/c1-8(17)14-9-5-6-16(7-9)12(20)15-10(11(18)19)13(2,3)4/h9-10H,5-7H2,1-4H3,(H,14,17)(H,15,20)(H,18,19)/t9?,10-/m1/s1. The number of hydrogen-bond acceptors (Lipinski definition) is 3. The molecule has 3 N–H and O–H groups in total. The molecule has 0 radical (unpaired) electrons. The Hall–Kier alpha value is -1.79. The molecule has 0 saturated carbocycles. The summed E-state index contributed by atoms with van der Waals surface area (Å²) in [5.74, 6) is -1.18. The van der Waals surface area contributed by atoms with Crippen LogP contribution < -0.4 is 10.6 Å². The molecule has 0 spiro atoms. The zero-order valence-electron chi connectivity index (χ0n) is 12.4. The molecule has 7 heteroatoms. The van der Waals surface area contributed by atoms with E-state index in [0.29, 0.717) is 19.5 Å². The highest BCUT2D eigenvalue weighted by molar-refractivity contribution is 5.83. The maximum atomic E-state index is 12.1. The molecule has 1 aliphatic heterocycles. The summed E-state index contributed by atoms with van der Waals surface area (Å²) in [5, 5.41) is 14.5. The summed E-state index contributed by atoms with van der Waals surface area (Å²) < 4.78 is 0. The van der Waals surface area contributed by atoms with E-state index in [0.717, 1.165) is 0 Å². The van der Waals surface area contributed by atoms with Crippen LogP contribution in [0.4, 0.5) is 4.79 Å². The fourth-order valence-electron chi connectivity index (χ4n) is 2.21. The van der Waals surface area contributed by atoms with Crippen LogP contribution in [0.5, 0.6) is 0 Å². The third-order valence-electron chi connectivity index (χ3n) is 3.26. The number of nitrogens with zero attached hydrogens (tertiary/aromatic N) is 1. The average Bonchev–Trinajstić information content (AvgIpc) is 2.70. The molecule has 114 valence electrons. The summed E-state index contributed by atoms with van der Waals surface area (Å²) in [7, 11) is 0. The topological polar surface area (TPSA) is 98.7 Å². The number of amides is 3. The number of carbonyl (C=O) groups is 3. The molecule has 1 heterocycles. The predicted molar refractivity (Wildman–Crippen MR) is 73.2 cm³/mol. The highest BCUT2D eigenvalue weighted by Crippen LogP contribution is 2.20. The molecule has 7 nitrogen and oxygen atoms in total. The van der Waals surface area contributed by atoms with Gasteiger partial charge in [0.1, 0.15) is 6.04 Å². The van der Waals surface area contributed by atoms with E-state index in [1.807, 2.05) is 0 Å². The van der Waals surface area contributed by atoms with Gasteiger partial charge in [-0.25, -0.2) is 9.59 Å². The Morgan fingerprint density at radius 2 is 1.90 bits per heavy atom. The molecule has 1 fully saturated rings. The van der Waals surface area contributed by atoms with Gasteiger partial charge in [-0.3, -0.25) is 4.79 Å². The number of carboxylic acids is 1. The van der Waals surface area contributed by atoms with Crippen LogP contribution in [0, 0.1) is 5.41 Å². The second-order valence-corrected chi connectivity index (χ2v) is 6.22. The number of hydrogen-bond donors (Lipinski definition) is 3. The molecular formula is C13H23N3O4. The van der Waals surface area contributed by atoms with Gasteiger partial charge < -0.3 is 20.6 Å². The quantitative estimate of drug-likeness (QED) is 0.699. The second kappa shape index (κ2) is 6.11. The summed E-state index contributed by atoms with van der Waals surface area (Å²) in [6.45, 7) is 7.63. The maximum absolute atomic E-state index is 12.1. The Morgan fingerprint density at radius 3 is 2.35 bits per heavy atom. The van der Waals surface area contributed by atoms with Crippen LogP contribution in [-0.4, -0.2) is 53.1 Å². The minimum atomic E-state index is -1.05. The molecule has 1 saturated heterocycles. The van der Waals surface area contributed by atoms with Gasteiger partial charge in [-0.1, -0.05) is 20.8 Å². The number of carbonyl (C=O) groups excluding carboxylic acids is 2. The number of nitrogens with one attached hydrogen (secondary N) is 2. The zero-order chi connectivity index (χ0) is 15.5. The second-order valence-electron chi connectivity index (χ2n) is 6.22. The molecule has 0 aromatic carbocycles. The van der Waals surface area contributed by atoms with Crippen molar-refractivity contribution < 1.29 is 19.5 Å². The first-order valence-electron chi connectivity index (χ1n) is 6.66. The molecule has 2 atom stereocenters. The number of likely N-dealkylation sites (tertiary alicyclic amines) is 1. The van der Waals surface area contributed by atoms with E-state index in [4.69, 9.17) is 0 Å². The van der Waals surface area contributed by atoms with Gasteiger partial charge in [-0.15, -0.1) is 0 Å². The maximum Gasteiger partial charge on any atom is 0.326 e. The molecule has 1 rings (SSSR count). The Morgan fingerprint density at radius 1 is 1.30 bits per heavy atom. The highest BCUT2D eigenvalue weighted by Gasteiger charge is 2.35. The third-order valence-corrected chi connectivity index (χ3v) is 3.26. The lowest BCUT2D eigenvalue weighted by Gasteiger charge is -2.29. The van der Waals surface area contributed by atoms with Crippen molar-refractivity contribution in [2.75, 3.05) is 13.1 Å². The van der Waals surface area contributed by atoms with E-state index in [1.165, 1.54) is 11.8 Å². The number of aliphatic carboxylic acids is 1. The van der Waals surface area contributed by atoms with E-state index in [-0.39, 0.29) is 11.9 Å². The molecule has 3 amide bonds. The van der Waals surface area contributed by atoms with Crippen molar-refractivity contribution in [3.05, 3.63) is 0 Å². The van der Waals surface area contributed by atoms with Crippen LogP contribution in [0.3, 0.4) is 0 Å². The summed E-state index contributed by atoms with van der Waals surface area (Å²) in [6.07, 6.45) is 0.681. The van der Waals surface area contributed by atoms with Crippen molar-refractivity contribution in [2.24, 2.45) is 5.41 Å². The predicted octanol–water partition coefficient (Wildman–Crippen LogP) is 0.406. The zero-order valence-corrected chi connectivity index (χ0v) is 12.4. The minimum absolute atomic E-state index is 0.0591. The van der Waals surface area contributed by atoms with Crippen LogP contribution >= 0.6 is 0 Å². The van der Waals surface area contributed by atoms with Crippen molar-refractivity contribution in [2.45, 2.75) is 46.2 Å². The largest absolute Gasteiger partial charge is 0.480 e.